The van der Waals surface area contributed by atoms with Crippen LogP contribution < -0.4 is 5.32 Å². The minimum atomic E-state index is -3.32. The molecule has 1 N–H and O–H groups in total. The third-order valence-electron chi connectivity index (χ3n) is 6.74. The summed E-state index contributed by atoms with van der Waals surface area (Å²) in [5.74, 6) is -0.181. The summed E-state index contributed by atoms with van der Waals surface area (Å²) in [4.78, 5) is 16.1. The normalized spacial score (nSPS) is 18.8. The quantitative estimate of drug-likeness (QED) is 0.479. The van der Waals surface area contributed by atoms with E-state index in [-0.39, 0.29) is 17.1 Å². The number of benzene rings is 1. The van der Waals surface area contributed by atoms with Crippen LogP contribution >= 0.6 is 0 Å². The monoisotopic (exact) mass is 499 g/mol. The van der Waals surface area contributed by atoms with Crippen LogP contribution in [0, 0.1) is 12.7 Å². The molecule has 35 heavy (non-hydrogen) atoms. The maximum absolute atomic E-state index is 14.7. The molecule has 1 aliphatic carbocycles. The molecule has 2 heterocycles. The van der Waals surface area contributed by atoms with Crippen molar-refractivity contribution >= 4 is 26.8 Å². The van der Waals surface area contributed by atoms with Gasteiger partial charge >= 0.3 is 0 Å². The zero-order valence-corrected chi connectivity index (χ0v) is 21.7. The Morgan fingerprint density at radius 1 is 1.11 bits per heavy atom. The molecule has 1 aromatic carbocycles. The lowest BCUT2D eigenvalue weighted by Crippen LogP contribution is -2.36. The van der Waals surface area contributed by atoms with Gasteiger partial charge in [-0.3, -0.25) is 0 Å². The molecular formula is C26H34FN5O2S. The standard InChI is InChI=1S/C26H34FN5O2S/c1-5-12-35(33,34)16-19-7-6-18(14-22(19)27)23-13-17(2)25-24(30-23)15-28-26(31-25)29-20-8-10-21(11-9-20)32(3)4/h6-7,13-15,20-21H,5,8-12,16H2,1-4H3,(H,28,29,31). The second-order valence-corrected chi connectivity index (χ2v) is 11.9. The van der Waals surface area contributed by atoms with Gasteiger partial charge in [0.15, 0.2) is 9.84 Å². The molecule has 1 aliphatic rings. The summed E-state index contributed by atoms with van der Waals surface area (Å²) in [6, 6.07) is 7.48. The van der Waals surface area contributed by atoms with Crippen molar-refractivity contribution in [1.82, 2.24) is 19.9 Å². The molecule has 1 fully saturated rings. The number of rotatable bonds is 8. The van der Waals surface area contributed by atoms with Crippen LogP contribution in [0.2, 0.25) is 0 Å². The molecule has 7 nitrogen and oxygen atoms in total. The third-order valence-corrected chi connectivity index (χ3v) is 8.52. The van der Waals surface area contributed by atoms with Crippen LogP contribution in [0.15, 0.2) is 30.5 Å². The summed E-state index contributed by atoms with van der Waals surface area (Å²) in [5.41, 5.74) is 3.68. The van der Waals surface area contributed by atoms with Gasteiger partial charge in [-0.2, -0.15) is 0 Å². The Labute approximate surface area is 207 Å². The Bertz CT molecular complexity index is 1300. The van der Waals surface area contributed by atoms with E-state index in [4.69, 9.17) is 4.98 Å². The first kappa shape index (κ1) is 25.4. The predicted octanol–water partition coefficient (Wildman–Crippen LogP) is 4.75. The fourth-order valence-corrected chi connectivity index (χ4v) is 6.24. The number of sulfone groups is 1. The highest BCUT2D eigenvalue weighted by Crippen LogP contribution is 2.27. The molecule has 0 bridgehead atoms. The zero-order valence-electron chi connectivity index (χ0n) is 20.9. The number of nitrogens with one attached hydrogen (secondary N) is 1. The van der Waals surface area contributed by atoms with Crippen molar-refractivity contribution < 1.29 is 12.8 Å². The molecule has 0 unspecified atom stereocenters. The Kier molecular flexibility index (Phi) is 7.66. The average Bonchev–Trinajstić information content (AvgIpc) is 2.81. The van der Waals surface area contributed by atoms with Gasteiger partial charge in [-0.05, 0) is 70.8 Å². The molecule has 188 valence electrons. The van der Waals surface area contributed by atoms with Gasteiger partial charge in [0, 0.05) is 23.2 Å². The van der Waals surface area contributed by atoms with Gasteiger partial charge in [-0.15, -0.1) is 0 Å². The van der Waals surface area contributed by atoms with E-state index in [9.17, 15) is 12.8 Å². The Morgan fingerprint density at radius 3 is 2.51 bits per heavy atom. The van der Waals surface area contributed by atoms with E-state index in [1.165, 1.54) is 12.1 Å². The van der Waals surface area contributed by atoms with E-state index in [1.54, 1.807) is 19.2 Å². The highest BCUT2D eigenvalue weighted by atomic mass is 32.2. The molecule has 1 saturated carbocycles. The van der Waals surface area contributed by atoms with Gasteiger partial charge in [-0.25, -0.2) is 27.8 Å². The summed E-state index contributed by atoms with van der Waals surface area (Å²) in [7, 11) is 0.947. The Balaban J connectivity index is 1.52. The molecular weight excluding hydrogens is 465 g/mol. The van der Waals surface area contributed by atoms with Gasteiger partial charge in [0.1, 0.15) is 11.3 Å². The first-order valence-electron chi connectivity index (χ1n) is 12.2. The molecule has 0 radical (unpaired) electrons. The molecule has 2 aromatic heterocycles. The highest BCUT2D eigenvalue weighted by Gasteiger charge is 2.23. The number of aryl methyl sites for hydroxylation is 1. The van der Waals surface area contributed by atoms with Gasteiger partial charge in [-0.1, -0.05) is 19.1 Å². The topological polar surface area (TPSA) is 88.1 Å². The molecule has 0 spiro atoms. The predicted molar refractivity (Wildman–Crippen MR) is 139 cm³/mol. The van der Waals surface area contributed by atoms with Crippen molar-refractivity contribution in [2.24, 2.45) is 0 Å². The Morgan fingerprint density at radius 2 is 1.86 bits per heavy atom. The summed E-state index contributed by atoms with van der Waals surface area (Å²) < 4.78 is 38.9. The van der Waals surface area contributed by atoms with E-state index < -0.39 is 15.7 Å². The lowest BCUT2D eigenvalue weighted by atomic mass is 9.91. The van der Waals surface area contributed by atoms with Gasteiger partial charge in [0.05, 0.1) is 28.9 Å². The van der Waals surface area contributed by atoms with E-state index in [0.717, 1.165) is 36.8 Å². The first-order chi connectivity index (χ1) is 16.6. The van der Waals surface area contributed by atoms with E-state index in [0.29, 0.717) is 41.2 Å². The van der Waals surface area contributed by atoms with Crippen LogP contribution in [0.4, 0.5) is 10.3 Å². The van der Waals surface area contributed by atoms with Crippen LogP contribution in [0.25, 0.3) is 22.3 Å². The number of hydrogen-bond donors (Lipinski definition) is 1. The van der Waals surface area contributed by atoms with Crippen LogP contribution in [-0.2, 0) is 15.6 Å². The van der Waals surface area contributed by atoms with Gasteiger partial charge < -0.3 is 10.2 Å². The number of aromatic nitrogens is 3. The first-order valence-corrected chi connectivity index (χ1v) is 14.0. The number of fused-ring (bicyclic) bond motifs is 1. The van der Waals surface area contributed by atoms with E-state index in [2.05, 4.69) is 34.3 Å². The molecule has 3 aromatic rings. The number of pyridine rings is 1. The average molecular weight is 500 g/mol. The van der Waals surface area contributed by atoms with Crippen molar-refractivity contribution in [3.63, 3.8) is 0 Å². The highest BCUT2D eigenvalue weighted by molar-refractivity contribution is 7.90. The molecule has 0 aliphatic heterocycles. The summed E-state index contributed by atoms with van der Waals surface area (Å²) in [5, 5.41) is 3.48. The summed E-state index contributed by atoms with van der Waals surface area (Å²) >= 11 is 0. The lowest BCUT2D eigenvalue weighted by Gasteiger charge is -2.32. The van der Waals surface area contributed by atoms with Crippen LogP contribution in [0.5, 0.6) is 0 Å². The minimum Gasteiger partial charge on any atom is -0.351 e. The smallest absolute Gasteiger partial charge is 0.223 e. The summed E-state index contributed by atoms with van der Waals surface area (Å²) in [6.45, 7) is 3.75. The summed E-state index contributed by atoms with van der Waals surface area (Å²) in [6.07, 6.45) is 6.70. The van der Waals surface area contributed by atoms with E-state index in [1.807, 2.05) is 13.0 Å². The fraction of sp³-hybridized carbons (Fsp3) is 0.500. The SMILES string of the molecule is CCCS(=O)(=O)Cc1ccc(-c2cc(C)c3nc(NC4CCC(N(C)C)CC4)ncc3n2)cc1F. The maximum atomic E-state index is 14.7. The van der Waals surface area contributed by atoms with Crippen molar-refractivity contribution in [2.75, 3.05) is 25.2 Å². The largest absolute Gasteiger partial charge is 0.351 e. The fourth-order valence-electron chi connectivity index (χ4n) is 4.76. The molecule has 0 atom stereocenters. The molecule has 0 amide bonds. The number of anilines is 1. The van der Waals surface area contributed by atoms with Crippen LogP contribution in [-0.4, -0.2) is 60.2 Å². The minimum absolute atomic E-state index is 0.0494. The zero-order chi connectivity index (χ0) is 25.2. The van der Waals surface area contributed by atoms with Crippen molar-refractivity contribution in [2.45, 2.75) is 63.8 Å². The van der Waals surface area contributed by atoms with Crippen molar-refractivity contribution in [3.05, 3.63) is 47.4 Å². The van der Waals surface area contributed by atoms with Crippen LogP contribution in [0.1, 0.15) is 50.2 Å². The molecule has 4 rings (SSSR count). The van der Waals surface area contributed by atoms with Crippen molar-refractivity contribution in [1.29, 1.82) is 0 Å². The van der Waals surface area contributed by atoms with Crippen LogP contribution in [0.3, 0.4) is 0 Å². The van der Waals surface area contributed by atoms with Crippen molar-refractivity contribution in [3.8, 4) is 11.3 Å². The van der Waals surface area contributed by atoms with Gasteiger partial charge in [0.25, 0.3) is 0 Å². The molecule has 9 heteroatoms. The molecule has 0 saturated heterocycles. The lowest BCUT2D eigenvalue weighted by molar-refractivity contribution is 0.221. The number of hydrogen-bond acceptors (Lipinski definition) is 7. The maximum Gasteiger partial charge on any atom is 0.223 e. The second-order valence-electron chi connectivity index (χ2n) is 9.76. The third kappa shape index (κ3) is 6.13. The Hall–Kier alpha value is -2.65. The van der Waals surface area contributed by atoms with Gasteiger partial charge in [0.2, 0.25) is 5.95 Å². The number of nitrogens with zero attached hydrogens (tertiary/aromatic N) is 4. The number of halogens is 1. The second kappa shape index (κ2) is 10.5. The van der Waals surface area contributed by atoms with E-state index >= 15 is 0 Å².